The Morgan fingerprint density at radius 1 is 1.29 bits per heavy atom. The van der Waals surface area contributed by atoms with Crippen molar-refractivity contribution in [1.29, 1.82) is 0 Å². The van der Waals surface area contributed by atoms with Crippen LogP contribution < -0.4 is 0 Å². The molecule has 0 atom stereocenters. The molecule has 0 bridgehead atoms. The van der Waals surface area contributed by atoms with E-state index in [-0.39, 0.29) is 12.2 Å². The van der Waals surface area contributed by atoms with Gasteiger partial charge in [0.1, 0.15) is 0 Å². The van der Waals surface area contributed by atoms with Crippen molar-refractivity contribution in [2.24, 2.45) is 0 Å². The van der Waals surface area contributed by atoms with Gasteiger partial charge in [-0.25, -0.2) is 0 Å². The number of aryl methyl sites for hydroxylation is 2. The molecule has 0 N–H and O–H groups in total. The number of carbonyl (C=O) groups excluding carboxylic acids is 1. The zero-order valence-electron chi connectivity index (χ0n) is 13.0. The van der Waals surface area contributed by atoms with Crippen molar-refractivity contribution in [3.63, 3.8) is 0 Å². The number of nitrogens with zero attached hydrogens (tertiary/aromatic N) is 2. The molecule has 0 spiro atoms. The standard InChI is InChI=1S/C17H21ClN2O/c1-5-20-15(17(18)12(4)19-20)10-16(21)14-8-6-13(7-9-14)11(2)3/h6-9,11H,5,10H2,1-4H3. The molecular formula is C17H21ClN2O. The normalized spacial score (nSPS) is 11.1. The van der Waals surface area contributed by atoms with E-state index < -0.39 is 0 Å². The molecule has 0 amide bonds. The van der Waals surface area contributed by atoms with Gasteiger partial charge >= 0.3 is 0 Å². The topological polar surface area (TPSA) is 34.9 Å². The summed E-state index contributed by atoms with van der Waals surface area (Å²) >= 11 is 6.26. The number of hydrogen-bond acceptors (Lipinski definition) is 2. The quantitative estimate of drug-likeness (QED) is 0.767. The van der Waals surface area contributed by atoms with Gasteiger partial charge in [0.05, 0.1) is 22.8 Å². The van der Waals surface area contributed by atoms with Crippen molar-refractivity contribution >= 4 is 17.4 Å². The molecule has 4 heteroatoms. The predicted molar refractivity (Wildman–Crippen MR) is 86.2 cm³/mol. The fourth-order valence-electron chi connectivity index (χ4n) is 2.35. The maximum Gasteiger partial charge on any atom is 0.168 e. The molecule has 1 aromatic carbocycles. The smallest absolute Gasteiger partial charge is 0.168 e. The van der Waals surface area contributed by atoms with Gasteiger partial charge in [-0.15, -0.1) is 0 Å². The van der Waals surface area contributed by atoms with E-state index in [2.05, 4.69) is 18.9 Å². The van der Waals surface area contributed by atoms with Gasteiger partial charge in [-0.2, -0.15) is 5.10 Å². The fourth-order valence-corrected chi connectivity index (χ4v) is 2.55. The molecule has 1 heterocycles. The monoisotopic (exact) mass is 304 g/mol. The Labute approximate surface area is 130 Å². The Morgan fingerprint density at radius 3 is 2.43 bits per heavy atom. The van der Waals surface area contributed by atoms with Gasteiger partial charge in [0, 0.05) is 12.1 Å². The highest BCUT2D eigenvalue weighted by Crippen LogP contribution is 2.22. The number of halogens is 1. The highest BCUT2D eigenvalue weighted by molar-refractivity contribution is 6.32. The highest BCUT2D eigenvalue weighted by atomic mass is 35.5. The first kappa shape index (κ1) is 15.8. The third kappa shape index (κ3) is 3.35. The lowest BCUT2D eigenvalue weighted by Gasteiger charge is -2.08. The van der Waals surface area contributed by atoms with Crippen LogP contribution in [0.3, 0.4) is 0 Å². The summed E-state index contributed by atoms with van der Waals surface area (Å²) in [6.45, 7) is 8.84. The van der Waals surface area contributed by atoms with Crippen LogP contribution in [0.1, 0.15) is 54.0 Å². The van der Waals surface area contributed by atoms with Crippen LogP contribution in [0.15, 0.2) is 24.3 Å². The maximum atomic E-state index is 12.4. The molecule has 0 radical (unpaired) electrons. The Morgan fingerprint density at radius 2 is 1.90 bits per heavy atom. The minimum atomic E-state index is 0.0711. The zero-order valence-corrected chi connectivity index (χ0v) is 13.7. The van der Waals surface area contributed by atoms with E-state index in [9.17, 15) is 4.79 Å². The molecule has 0 aliphatic heterocycles. The minimum absolute atomic E-state index is 0.0711. The summed E-state index contributed by atoms with van der Waals surface area (Å²) in [6, 6.07) is 7.82. The highest BCUT2D eigenvalue weighted by Gasteiger charge is 2.17. The zero-order chi connectivity index (χ0) is 15.6. The van der Waals surface area contributed by atoms with E-state index in [4.69, 9.17) is 11.6 Å². The van der Waals surface area contributed by atoms with Gasteiger partial charge in [-0.3, -0.25) is 9.48 Å². The Balaban J connectivity index is 2.22. The summed E-state index contributed by atoms with van der Waals surface area (Å²) in [5.74, 6) is 0.537. The minimum Gasteiger partial charge on any atom is -0.294 e. The van der Waals surface area contributed by atoms with E-state index in [0.29, 0.717) is 17.5 Å². The Kier molecular flexibility index (Phi) is 4.84. The Hall–Kier alpha value is -1.61. The average Bonchev–Trinajstić information content (AvgIpc) is 2.75. The number of carbonyl (C=O) groups is 1. The van der Waals surface area contributed by atoms with Crippen molar-refractivity contribution in [2.45, 2.75) is 46.6 Å². The van der Waals surface area contributed by atoms with Crippen LogP contribution in [0, 0.1) is 6.92 Å². The number of Topliss-reactive ketones (excluding diaryl/α,β-unsaturated/α-hetero) is 1. The first-order valence-electron chi connectivity index (χ1n) is 7.29. The molecular weight excluding hydrogens is 284 g/mol. The van der Waals surface area contributed by atoms with Gasteiger partial charge in [0.15, 0.2) is 5.78 Å². The van der Waals surface area contributed by atoms with Crippen LogP contribution >= 0.6 is 11.6 Å². The third-order valence-electron chi connectivity index (χ3n) is 3.68. The van der Waals surface area contributed by atoms with Gasteiger partial charge in [-0.05, 0) is 25.3 Å². The molecule has 0 saturated heterocycles. The van der Waals surface area contributed by atoms with Gasteiger partial charge in [0.25, 0.3) is 0 Å². The second kappa shape index (κ2) is 6.44. The summed E-state index contributed by atoms with van der Waals surface area (Å²) in [5.41, 5.74) is 3.53. The molecule has 1 aromatic heterocycles. The molecule has 0 unspecified atom stereocenters. The lowest BCUT2D eigenvalue weighted by atomic mass is 9.99. The van der Waals surface area contributed by atoms with Crippen LogP contribution in [-0.4, -0.2) is 15.6 Å². The molecule has 0 aliphatic rings. The molecule has 112 valence electrons. The van der Waals surface area contributed by atoms with Crippen molar-refractivity contribution in [1.82, 2.24) is 9.78 Å². The van der Waals surface area contributed by atoms with Crippen molar-refractivity contribution in [3.05, 3.63) is 51.8 Å². The molecule has 0 fully saturated rings. The fraction of sp³-hybridized carbons (Fsp3) is 0.412. The molecule has 0 aliphatic carbocycles. The summed E-state index contributed by atoms with van der Waals surface area (Å²) in [4.78, 5) is 12.4. The molecule has 3 nitrogen and oxygen atoms in total. The van der Waals surface area contributed by atoms with E-state index in [1.54, 1.807) is 4.68 Å². The van der Waals surface area contributed by atoms with Gasteiger partial charge in [-0.1, -0.05) is 49.7 Å². The summed E-state index contributed by atoms with van der Waals surface area (Å²) in [7, 11) is 0. The Bertz CT molecular complexity index is 642. The number of benzene rings is 1. The van der Waals surface area contributed by atoms with Crippen LogP contribution in [0.4, 0.5) is 0 Å². The summed E-state index contributed by atoms with van der Waals surface area (Å²) < 4.78 is 1.80. The SMILES string of the molecule is CCn1nc(C)c(Cl)c1CC(=O)c1ccc(C(C)C)cc1. The van der Waals surface area contributed by atoms with E-state index in [1.807, 2.05) is 38.1 Å². The lowest BCUT2D eigenvalue weighted by Crippen LogP contribution is -2.10. The van der Waals surface area contributed by atoms with Crippen LogP contribution in [0.25, 0.3) is 0 Å². The van der Waals surface area contributed by atoms with Crippen molar-refractivity contribution in [3.8, 4) is 0 Å². The first-order valence-corrected chi connectivity index (χ1v) is 7.66. The van der Waals surface area contributed by atoms with E-state index in [1.165, 1.54) is 5.56 Å². The van der Waals surface area contributed by atoms with Gasteiger partial charge < -0.3 is 0 Å². The lowest BCUT2D eigenvalue weighted by molar-refractivity contribution is 0.0990. The maximum absolute atomic E-state index is 12.4. The number of aromatic nitrogens is 2. The second-order valence-electron chi connectivity index (χ2n) is 5.54. The predicted octanol–water partition coefficient (Wildman–Crippen LogP) is 4.41. The van der Waals surface area contributed by atoms with Crippen LogP contribution in [0.2, 0.25) is 5.02 Å². The number of ketones is 1. The first-order chi connectivity index (χ1) is 9.93. The largest absolute Gasteiger partial charge is 0.294 e. The average molecular weight is 305 g/mol. The second-order valence-corrected chi connectivity index (χ2v) is 5.92. The van der Waals surface area contributed by atoms with Gasteiger partial charge in [0.2, 0.25) is 0 Å². The molecule has 2 aromatic rings. The molecule has 2 rings (SSSR count). The number of hydrogen-bond donors (Lipinski definition) is 0. The third-order valence-corrected chi connectivity index (χ3v) is 4.17. The molecule has 21 heavy (non-hydrogen) atoms. The number of rotatable bonds is 5. The van der Waals surface area contributed by atoms with Crippen molar-refractivity contribution < 1.29 is 4.79 Å². The van der Waals surface area contributed by atoms with Crippen LogP contribution in [-0.2, 0) is 13.0 Å². The van der Waals surface area contributed by atoms with Crippen LogP contribution in [0.5, 0.6) is 0 Å². The van der Waals surface area contributed by atoms with E-state index >= 15 is 0 Å². The molecule has 0 saturated carbocycles. The summed E-state index contributed by atoms with van der Waals surface area (Å²) in [5, 5.41) is 4.95. The van der Waals surface area contributed by atoms with E-state index in [0.717, 1.165) is 17.0 Å². The summed E-state index contributed by atoms with van der Waals surface area (Å²) in [6.07, 6.45) is 0.286. The van der Waals surface area contributed by atoms with Crippen molar-refractivity contribution in [2.75, 3.05) is 0 Å².